The maximum atomic E-state index is 2.37. The standard InChI is InChI=1S/C48H35N/c1-6-16-36(17-7-1)39-26-29-46(30-27-39)49(45-24-14-5-15-25-45)48-31-28-41(35-47(48)40-22-12-4-13-23-40)44-33-42(37-18-8-2-9-19-37)32-43(34-44)38-20-10-3-11-21-38/h1-35H. The van der Waals surface area contributed by atoms with Crippen LogP contribution in [0.25, 0.3) is 55.6 Å². The molecular weight excluding hydrogens is 591 g/mol. The average Bonchev–Trinajstić information content (AvgIpc) is 3.20. The summed E-state index contributed by atoms with van der Waals surface area (Å²) in [5.74, 6) is 0. The number of benzene rings is 8. The van der Waals surface area contributed by atoms with Crippen molar-refractivity contribution in [1.82, 2.24) is 0 Å². The van der Waals surface area contributed by atoms with Gasteiger partial charge in [-0.2, -0.15) is 0 Å². The predicted molar refractivity (Wildman–Crippen MR) is 208 cm³/mol. The molecule has 0 bridgehead atoms. The van der Waals surface area contributed by atoms with Crippen molar-refractivity contribution in [1.29, 1.82) is 0 Å². The number of hydrogen-bond acceptors (Lipinski definition) is 1. The zero-order valence-corrected chi connectivity index (χ0v) is 27.2. The lowest BCUT2D eigenvalue weighted by atomic mass is 9.91. The molecule has 0 fully saturated rings. The monoisotopic (exact) mass is 625 g/mol. The third-order valence-corrected chi connectivity index (χ3v) is 9.05. The first-order valence-electron chi connectivity index (χ1n) is 16.8. The van der Waals surface area contributed by atoms with Crippen molar-refractivity contribution in [3.63, 3.8) is 0 Å². The lowest BCUT2D eigenvalue weighted by Crippen LogP contribution is -2.11. The van der Waals surface area contributed by atoms with Gasteiger partial charge in [0.05, 0.1) is 5.69 Å². The Morgan fingerprint density at radius 1 is 0.224 bits per heavy atom. The summed E-state index contributed by atoms with van der Waals surface area (Å²) in [6, 6.07) is 76.1. The molecule has 0 aliphatic heterocycles. The molecule has 1 heteroatoms. The molecule has 0 saturated heterocycles. The van der Waals surface area contributed by atoms with Gasteiger partial charge in [-0.05, 0) is 105 Å². The quantitative estimate of drug-likeness (QED) is 0.162. The normalized spacial score (nSPS) is 10.9. The first kappa shape index (κ1) is 29.9. The Labute approximate surface area is 289 Å². The second kappa shape index (κ2) is 13.7. The first-order valence-corrected chi connectivity index (χ1v) is 16.8. The lowest BCUT2D eigenvalue weighted by Gasteiger charge is -2.28. The molecule has 0 aliphatic rings. The summed E-state index contributed by atoms with van der Waals surface area (Å²) in [5, 5.41) is 0. The van der Waals surface area contributed by atoms with E-state index in [0.717, 1.165) is 17.1 Å². The summed E-state index contributed by atoms with van der Waals surface area (Å²) < 4.78 is 0. The van der Waals surface area contributed by atoms with Gasteiger partial charge in [0, 0.05) is 16.9 Å². The van der Waals surface area contributed by atoms with E-state index in [-0.39, 0.29) is 0 Å². The van der Waals surface area contributed by atoms with Crippen molar-refractivity contribution < 1.29 is 0 Å². The van der Waals surface area contributed by atoms with E-state index in [2.05, 4.69) is 217 Å². The molecule has 0 radical (unpaired) electrons. The minimum absolute atomic E-state index is 1.10. The van der Waals surface area contributed by atoms with Gasteiger partial charge >= 0.3 is 0 Å². The molecule has 0 saturated carbocycles. The fourth-order valence-corrected chi connectivity index (χ4v) is 6.59. The maximum Gasteiger partial charge on any atom is 0.0540 e. The van der Waals surface area contributed by atoms with Crippen molar-refractivity contribution in [2.75, 3.05) is 4.90 Å². The molecule has 1 nitrogen and oxygen atoms in total. The van der Waals surface area contributed by atoms with E-state index >= 15 is 0 Å². The van der Waals surface area contributed by atoms with Crippen LogP contribution in [0.3, 0.4) is 0 Å². The number of anilines is 3. The van der Waals surface area contributed by atoms with Crippen LogP contribution in [0.1, 0.15) is 0 Å². The second-order valence-electron chi connectivity index (χ2n) is 12.2. The molecule has 0 atom stereocenters. The van der Waals surface area contributed by atoms with Crippen molar-refractivity contribution in [2.45, 2.75) is 0 Å². The van der Waals surface area contributed by atoms with E-state index in [4.69, 9.17) is 0 Å². The molecule has 8 rings (SSSR count). The topological polar surface area (TPSA) is 3.24 Å². The van der Waals surface area contributed by atoms with Gasteiger partial charge in [-0.15, -0.1) is 0 Å². The van der Waals surface area contributed by atoms with Crippen LogP contribution in [-0.4, -0.2) is 0 Å². The third-order valence-electron chi connectivity index (χ3n) is 9.05. The fraction of sp³-hybridized carbons (Fsp3) is 0. The van der Waals surface area contributed by atoms with Crippen LogP contribution in [0.2, 0.25) is 0 Å². The Bertz CT molecular complexity index is 2220. The zero-order chi connectivity index (χ0) is 32.8. The van der Waals surface area contributed by atoms with E-state index in [1.54, 1.807) is 0 Å². The Balaban J connectivity index is 1.30. The highest BCUT2D eigenvalue weighted by molar-refractivity contribution is 5.92. The van der Waals surface area contributed by atoms with Crippen LogP contribution < -0.4 is 4.90 Å². The molecule has 8 aromatic rings. The third kappa shape index (κ3) is 6.43. The zero-order valence-electron chi connectivity index (χ0n) is 27.2. The van der Waals surface area contributed by atoms with Gasteiger partial charge in [-0.1, -0.05) is 158 Å². The van der Waals surface area contributed by atoms with E-state index in [1.807, 2.05) is 0 Å². The highest BCUT2D eigenvalue weighted by Crippen LogP contribution is 2.43. The van der Waals surface area contributed by atoms with Crippen LogP contribution in [0.4, 0.5) is 17.1 Å². The molecule has 0 unspecified atom stereocenters. The van der Waals surface area contributed by atoms with E-state index in [0.29, 0.717) is 0 Å². The van der Waals surface area contributed by atoms with Gasteiger partial charge in [0.2, 0.25) is 0 Å². The molecule has 0 heterocycles. The first-order chi connectivity index (χ1) is 24.3. The van der Waals surface area contributed by atoms with Gasteiger partial charge in [0.15, 0.2) is 0 Å². The molecule has 8 aromatic carbocycles. The summed E-state index contributed by atoms with van der Waals surface area (Å²) >= 11 is 0. The van der Waals surface area contributed by atoms with Crippen LogP contribution in [0.5, 0.6) is 0 Å². The Hall–Kier alpha value is -6.44. The van der Waals surface area contributed by atoms with Gasteiger partial charge in [-0.3, -0.25) is 0 Å². The van der Waals surface area contributed by atoms with Crippen molar-refractivity contribution in [3.8, 4) is 55.6 Å². The molecule has 0 amide bonds. The molecule has 0 aliphatic carbocycles. The fourth-order valence-electron chi connectivity index (χ4n) is 6.59. The number of rotatable bonds is 8. The summed E-state index contributed by atoms with van der Waals surface area (Å²) in [7, 11) is 0. The average molecular weight is 626 g/mol. The lowest BCUT2D eigenvalue weighted by molar-refractivity contribution is 1.28. The minimum Gasteiger partial charge on any atom is -0.310 e. The Morgan fingerprint density at radius 2 is 0.571 bits per heavy atom. The van der Waals surface area contributed by atoms with Crippen LogP contribution in [-0.2, 0) is 0 Å². The van der Waals surface area contributed by atoms with Crippen molar-refractivity contribution in [2.24, 2.45) is 0 Å². The smallest absolute Gasteiger partial charge is 0.0540 e. The summed E-state index contributed by atoms with van der Waals surface area (Å²) in [6.45, 7) is 0. The Morgan fingerprint density at radius 3 is 1.06 bits per heavy atom. The summed E-state index contributed by atoms with van der Waals surface area (Å²) in [5.41, 5.74) is 15.2. The van der Waals surface area contributed by atoms with Crippen LogP contribution >= 0.6 is 0 Å². The Kier molecular flexibility index (Phi) is 8.39. The number of hydrogen-bond donors (Lipinski definition) is 0. The minimum atomic E-state index is 1.10. The molecule has 0 aromatic heterocycles. The number of para-hydroxylation sites is 1. The highest BCUT2D eigenvalue weighted by Gasteiger charge is 2.19. The highest BCUT2D eigenvalue weighted by atomic mass is 15.1. The van der Waals surface area contributed by atoms with Gasteiger partial charge < -0.3 is 4.90 Å². The van der Waals surface area contributed by atoms with E-state index in [9.17, 15) is 0 Å². The largest absolute Gasteiger partial charge is 0.310 e. The molecular formula is C48H35N. The molecule has 0 spiro atoms. The SMILES string of the molecule is c1ccc(-c2ccc(N(c3ccccc3)c3ccc(-c4cc(-c5ccccc5)cc(-c5ccccc5)c4)cc3-c3ccccc3)cc2)cc1. The maximum absolute atomic E-state index is 2.37. The summed E-state index contributed by atoms with van der Waals surface area (Å²) in [4.78, 5) is 2.37. The van der Waals surface area contributed by atoms with Crippen molar-refractivity contribution in [3.05, 3.63) is 212 Å². The molecule has 49 heavy (non-hydrogen) atoms. The second-order valence-corrected chi connectivity index (χ2v) is 12.2. The molecule has 232 valence electrons. The van der Waals surface area contributed by atoms with Gasteiger partial charge in [-0.25, -0.2) is 0 Å². The van der Waals surface area contributed by atoms with Crippen LogP contribution in [0, 0.1) is 0 Å². The van der Waals surface area contributed by atoms with E-state index in [1.165, 1.54) is 55.6 Å². The van der Waals surface area contributed by atoms with Crippen LogP contribution in [0.15, 0.2) is 212 Å². The van der Waals surface area contributed by atoms with Gasteiger partial charge in [0.25, 0.3) is 0 Å². The van der Waals surface area contributed by atoms with E-state index < -0.39 is 0 Å². The predicted octanol–water partition coefficient (Wildman–Crippen LogP) is 13.5. The number of nitrogens with zero attached hydrogens (tertiary/aromatic N) is 1. The molecule has 0 N–H and O–H groups in total. The summed E-state index contributed by atoms with van der Waals surface area (Å²) in [6.07, 6.45) is 0. The van der Waals surface area contributed by atoms with Gasteiger partial charge in [0.1, 0.15) is 0 Å². The van der Waals surface area contributed by atoms with Crippen molar-refractivity contribution >= 4 is 17.1 Å².